The lowest BCUT2D eigenvalue weighted by Gasteiger charge is -2.25. The molecule has 112 valence electrons. The van der Waals surface area contributed by atoms with Gasteiger partial charge in [-0.2, -0.15) is 0 Å². The highest BCUT2D eigenvalue weighted by molar-refractivity contribution is 7.99. The summed E-state index contributed by atoms with van der Waals surface area (Å²) in [6, 6.07) is 8.04. The number of methoxy groups -OCH3 is 1. The van der Waals surface area contributed by atoms with Gasteiger partial charge in [0, 0.05) is 4.90 Å². The summed E-state index contributed by atoms with van der Waals surface area (Å²) in [5, 5.41) is 3.00. The number of carbonyl (C=O) groups is 1. The number of amides is 1. The van der Waals surface area contributed by atoms with Crippen LogP contribution in [0.3, 0.4) is 0 Å². The van der Waals surface area contributed by atoms with Crippen molar-refractivity contribution in [2.75, 3.05) is 19.9 Å². The average Bonchev–Trinajstić information content (AvgIpc) is 2.46. The normalized spacial score (nSPS) is 13.8. The van der Waals surface area contributed by atoms with Gasteiger partial charge in [0.1, 0.15) is 5.75 Å². The monoisotopic (exact) mass is 296 g/mol. The van der Waals surface area contributed by atoms with Crippen molar-refractivity contribution in [2.45, 2.75) is 36.6 Å². The van der Waals surface area contributed by atoms with Gasteiger partial charge < -0.3 is 15.8 Å². The maximum Gasteiger partial charge on any atom is 0.237 e. The van der Waals surface area contributed by atoms with Crippen molar-refractivity contribution in [3.8, 4) is 5.75 Å². The van der Waals surface area contributed by atoms with Crippen LogP contribution in [0.2, 0.25) is 0 Å². The summed E-state index contributed by atoms with van der Waals surface area (Å²) >= 11 is 1.80. The molecule has 5 heteroatoms. The van der Waals surface area contributed by atoms with Gasteiger partial charge in [0.25, 0.3) is 0 Å². The van der Waals surface area contributed by atoms with Crippen molar-refractivity contribution in [3.63, 3.8) is 0 Å². The maximum atomic E-state index is 11.3. The lowest BCUT2D eigenvalue weighted by molar-refractivity contribution is -0.123. The summed E-state index contributed by atoms with van der Waals surface area (Å²) in [4.78, 5) is 12.6. The summed E-state index contributed by atoms with van der Waals surface area (Å²) in [5.74, 6) is 1.61. The number of likely N-dealkylation sites (N-methyl/N-ethyl adjacent to an activating group) is 1. The van der Waals surface area contributed by atoms with Gasteiger partial charge in [-0.05, 0) is 50.8 Å². The number of ether oxygens (including phenoxy) is 1. The Morgan fingerprint density at radius 1 is 1.45 bits per heavy atom. The van der Waals surface area contributed by atoms with Gasteiger partial charge in [-0.25, -0.2) is 0 Å². The Morgan fingerprint density at radius 2 is 2.20 bits per heavy atom. The number of primary amides is 1. The first-order valence-electron chi connectivity index (χ1n) is 6.77. The van der Waals surface area contributed by atoms with E-state index in [0.717, 1.165) is 30.8 Å². The number of thioether (sulfide) groups is 1. The molecule has 1 aromatic rings. The quantitative estimate of drug-likeness (QED) is 0.542. The van der Waals surface area contributed by atoms with E-state index in [9.17, 15) is 4.79 Å². The van der Waals surface area contributed by atoms with E-state index >= 15 is 0 Å². The molecule has 1 rings (SSSR count). The molecule has 1 aromatic carbocycles. The van der Waals surface area contributed by atoms with Crippen molar-refractivity contribution >= 4 is 17.7 Å². The lowest BCUT2D eigenvalue weighted by atomic mass is 9.94. The van der Waals surface area contributed by atoms with E-state index in [1.54, 1.807) is 25.9 Å². The van der Waals surface area contributed by atoms with Crippen LogP contribution in [0, 0.1) is 0 Å². The second-order valence-corrected chi connectivity index (χ2v) is 6.10. The average molecular weight is 296 g/mol. The smallest absolute Gasteiger partial charge is 0.237 e. The Labute approximate surface area is 125 Å². The summed E-state index contributed by atoms with van der Waals surface area (Å²) in [7, 11) is 3.45. The second-order valence-electron chi connectivity index (χ2n) is 4.93. The van der Waals surface area contributed by atoms with Crippen LogP contribution in [0.25, 0.3) is 0 Å². The van der Waals surface area contributed by atoms with Crippen LogP contribution >= 0.6 is 11.8 Å². The van der Waals surface area contributed by atoms with Crippen LogP contribution in [-0.2, 0) is 4.79 Å². The molecule has 0 aliphatic carbocycles. The molecule has 0 saturated heterocycles. The predicted octanol–water partition coefficient (Wildman–Crippen LogP) is 2.42. The molecule has 0 aliphatic heterocycles. The van der Waals surface area contributed by atoms with Crippen LogP contribution in [0.15, 0.2) is 29.2 Å². The van der Waals surface area contributed by atoms with Crippen LogP contribution in [0.4, 0.5) is 0 Å². The Hall–Kier alpha value is -1.20. The van der Waals surface area contributed by atoms with Gasteiger partial charge in [0.05, 0.1) is 12.6 Å². The molecule has 0 radical (unpaired) electrons. The fraction of sp³-hybridized carbons (Fsp3) is 0.533. The van der Waals surface area contributed by atoms with Crippen molar-refractivity contribution in [3.05, 3.63) is 24.3 Å². The Balaban J connectivity index is 2.30. The number of hydrogen-bond acceptors (Lipinski definition) is 4. The first kappa shape index (κ1) is 16.9. The molecule has 0 aliphatic rings. The van der Waals surface area contributed by atoms with Crippen LogP contribution in [0.1, 0.15) is 26.2 Å². The largest absolute Gasteiger partial charge is 0.497 e. The number of unbranched alkanes of at least 4 members (excludes halogenated alkanes) is 1. The standard InChI is InChI=1S/C15H24N2O2S/c1-15(17-2,14(16)18)9-4-5-10-20-13-8-6-7-12(11-13)19-3/h6-8,11,17H,4-5,9-10H2,1-3H3,(H2,16,18). The third-order valence-corrected chi connectivity index (χ3v) is 4.56. The molecule has 0 aromatic heterocycles. The molecule has 0 bridgehead atoms. The third-order valence-electron chi connectivity index (χ3n) is 3.48. The molecule has 1 unspecified atom stereocenters. The third kappa shape index (κ3) is 5.06. The van der Waals surface area contributed by atoms with Crippen LogP contribution in [0.5, 0.6) is 5.75 Å². The number of nitrogens with one attached hydrogen (secondary N) is 1. The molecule has 1 atom stereocenters. The molecule has 0 fully saturated rings. The van der Waals surface area contributed by atoms with E-state index < -0.39 is 5.54 Å². The Kier molecular flexibility index (Phi) is 6.88. The SMILES string of the molecule is CNC(C)(CCCCSc1cccc(OC)c1)C(N)=O. The number of rotatable bonds is 9. The highest BCUT2D eigenvalue weighted by Crippen LogP contribution is 2.24. The van der Waals surface area contributed by atoms with Gasteiger partial charge in [0.2, 0.25) is 5.91 Å². The van der Waals surface area contributed by atoms with E-state index in [2.05, 4.69) is 11.4 Å². The molecule has 0 heterocycles. The van der Waals surface area contributed by atoms with Gasteiger partial charge in [-0.3, -0.25) is 4.79 Å². The van der Waals surface area contributed by atoms with E-state index in [4.69, 9.17) is 10.5 Å². The number of nitrogens with two attached hydrogens (primary N) is 1. The van der Waals surface area contributed by atoms with E-state index in [-0.39, 0.29) is 5.91 Å². The van der Waals surface area contributed by atoms with Gasteiger partial charge in [0.15, 0.2) is 0 Å². The van der Waals surface area contributed by atoms with Crippen molar-refractivity contribution in [1.29, 1.82) is 0 Å². The molecular weight excluding hydrogens is 272 g/mol. The molecule has 1 amide bonds. The van der Waals surface area contributed by atoms with Gasteiger partial charge >= 0.3 is 0 Å². The minimum absolute atomic E-state index is 0.291. The summed E-state index contributed by atoms with van der Waals surface area (Å²) in [6.07, 6.45) is 2.78. The molecule has 0 saturated carbocycles. The summed E-state index contributed by atoms with van der Waals surface area (Å²) in [5.41, 5.74) is 4.80. The number of hydrogen-bond donors (Lipinski definition) is 2. The van der Waals surface area contributed by atoms with Gasteiger partial charge in [-0.1, -0.05) is 12.5 Å². The second kappa shape index (κ2) is 8.17. The van der Waals surface area contributed by atoms with E-state index in [1.165, 1.54) is 4.90 Å². The summed E-state index contributed by atoms with van der Waals surface area (Å²) in [6.45, 7) is 1.85. The lowest BCUT2D eigenvalue weighted by Crippen LogP contribution is -2.51. The minimum atomic E-state index is -0.597. The molecule has 3 N–H and O–H groups in total. The fourth-order valence-corrected chi connectivity index (χ4v) is 2.79. The zero-order valence-electron chi connectivity index (χ0n) is 12.4. The zero-order chi connectivity index (χ0) is 15.0. The number of carbonyl (C=O) groups excluding carboxylic acids is 1. The zero-order valence-corrected chi connectivity index (χ0v) is 13.3. The summed E-state index contributed by atoms with van der Waals surface area (Å²) < 4.78 is 5.19. The van der Waals surface area contributed by atoms with Gasteiger partial charge in [-0.15, -0.1) is 11.8 Å². The Morgan fingerprint density at radius 3 is 2.80 bits per heavy atom. The van der Waals surface area contributed by atoms with Crippen molar-refractivity contribution in [2.24, 2.45) is 5.73 Å². The van der Waals surface area contributed by atoms with Crippen molar-refractivity contribution in [1.82, 2.24) is 5.32 Å². The highest BCUT2D eigenvalue weighted by Gasteiger charge is 2.27. The number of benzene rings is 1. The minimum Gasteiger partial charge on any atom is -0.497 e. The first-order valence-corrected chi connectivity index (χ1v) is 7.76. The van der Waals surface area contributed by atoms with E-state index in [1.807, 2.05) is 25.1 Å². The first-order chi connectivity index (χ1) is 9.51. The molecule has 20 heavy (non-hydrogen) atoms. The van der Waals surface area contributed by atoms with Crippen LogP contribution in [-0.4, -0.2) is 31.4 Å². The predicted molar refractivity (Wildman–Crippen MR) is 84.2 cm³/mol. The molecule has 4 nitrogen and oxygen atoms in total. The van der Waals surface area contributed by atoms with Crippen molar-refractivity contribution < 1.29 is 9.53 Å². The molecular formula is C15H24N2O2S. The highest BCUT2D eigenvalue weighted by atomic mass is 32.2. The molecule has 0 spiro atoms. The van der Waals surface area contributed by atoms with Crippen LogP contribution < -0.4 is 15.8 Å². The maximum absolute atomic E-state index is 11.3. The Bertz CT molecular complexity index is 440. The topological polar surface area (TPSA) is 64.3 Å². The van der Waals surface area contributed by atoms with E-state index in [0.29, 0.717) is 0 Å². The fourth-order valence-electron chi connectivity index (χ4n) is 1.83.